The molecule has 0 aromatic heterocycles. The molecule has 0 heterocycles. The van der Waals surface area contributed by atoms with Crippen molar-refractivity contribution in [3.63, 3.8) is 0 Å². The van der Waals surface area contributed by atoms with E-state index >= 15 is 0 Å². The van der Waals surface area contributed by atoms with Gasteiger partial charge < -0.3 is 19.9 Å². The van der Waals surface area contributed by atoms with Gasteiger partial charge in [-0.15, -0.1) is 0 Å². The smallest absolute Gasteiger partial charge is 0.266 e. The fourth-order valence-electron chi connectivity index (χ4n) is 2.28. The van der Waals surface area contributed by atoms with E-state index < -0.39 is 5.91 Å². The number of nitriles is 1. The van der Waals surface area contributed by atoms with Crippen molar-refractivity contribution in [1.29, 1.82) is 5.26 Å². The van der Waals surface area contributed by atoms with Gasteiger partial charge in [-0.05, 0) is 61.4 Å². The van der Waals surface area contributed by atoms with E-state index in [1.807, 2.05) is 19.9 Å². The van der Waals surface area contributed by atoms with Gasteiger partial charge in [0.2, 0.25) is 0 Å². The highest BCUT2D eigenvalue weighted by atomic mass is 35.5. The van der Waals surface area contributed by atoms with Crippen molar-refractivity contribution >= 4 is 29.3 Å². The van der Waals surface area contributed by atoms with Crippen LogP contribution in [0.1, 0.15) is 25.8 Å². The molecular formula is C21H21ClN2O4. The molecular weight excluding hydrogens is 380 g/mol. The maximum absolute atomic E-state index is 12.4. The van der Waals surface area contributed by atoms with E-state index in [9.17, 15) is 15.2 Å². The minimum atomic E-state index is -0.580. The molecule has 7 heteroatoms. The number of aromatic hydroxyl groups is 1. The van der Waals surface area contributed by atoms with Crippen molar-refractivity contribution in [1.82, 2.24) is 0 Å². The first-order chi connectivity index (χ1) is 13.4. The number of rotatable bonds is 7. The number of phenolic OH excluding ortho intramolecular Hbond substituents is 1. The molecule has 0 aliphatic rings. The number of ether oxygens (including phenoxy) is 2. The maximum Gasteiger partial charge on any atom is 0.266 e. The second kappa shape index (κ2) is 9.67. The summed E-state index contributed by atoms with van der Waals surface area (Å²) in [4.78, 5) is 12.4. The second-order valence-corrected chi connectivity index (χ2v) is 6.45. The van der Waals surface area contributed by atoms with E-state index in [0.29, 0.717) is 27.8 Å². The summed E-state index contributed by atoms with van der Waals surface area (Å²) in [6.07, 6.45) is 2.17. The number of carbonyl (C=O) groups excluding carboxylic acids is 1. The third-order valence-electron chi connectivity index (χ3n) is 3.95. The molecule has 146 valence electrons. The van der Waals surface area contributed by atoms with Crippen LogP contribution < -0.4 is 14.8 Å². The van der Waals surface area contributed by atoms with Crippen molar-refractivity contribution in [2.75, 3.05) is 12.4 Å². The summed E-state index contributed by atoms with van der Waals surface area (Å²) >= 11 is 6.32. The lowest BCUT2D eigenvalue weighted by Gasteiger charge is -2.17. The predicted molar refractivity (Wildman–Crippen MR) is 109 cm³/mol. The molecule has 0 bridgehead atoms. The topological polar surface area (TPSA) is 91.6 Å². The second-order valence-electron chi connectivity index (χ2n) is 6.04. The Morgan fingerprint density at radius 2 is 2.04 bits per heavy atom. The number of nitrogens with one attached hydrogen (secondary N) is 1. The average Bonchev–Trinajstić information content (AvgIpc) is 2.69. The molecule has 28 heavy (non-hydrogen) atoms. The highest BCUT2D eigenvalue weighted by Gasteiger charge is 2.16. The highest BCUT2D eigenvalue weighted by molar-refractivity contribution is 6.32. The van der Waals surface area contributed by atoms with Gasteiger partial charge >= 0.3 is 0 Å². The first-order valence-corrected chi connectivity index (χ1v) is 9.02. The third kappa shape index (κ3) is 5.41. The van der Waals surface area contributed by atoms with Crippen molar-refractivity contribution in [3.05, 3.63) is 52.6 Å². The van der Waals surface area contributed by atoms with Gasteiger partial charge in [-0.25, -0.2) is 0 Å². The lowest BCUT2D eigenvalue weighted by atomic mass is 10.1. The zero-order valence-corrected chi connectivity index (χ0v) is 16.6. The standard InChI is InChI=1S/C21H21ClN2O4/c1-4-13(2)28-20-18(22)10-14(11-19(20)27-3)9-15(12-23)21(26)24-16-5-7-17(25)8-6-16/h5-11,13,25H,4H2,1-3H3,(H,24,26)/b15-9-/t13-/m1/s1. The van der Waals surface area contributed by atoms with Crippen LogP contribution in [0.4, 0.5) is 5.69 Å². The van der Waals surface area contributed by atoms with Crippen LogP contribution in [0.25, 0.3) is 6.08 Å². The molecule has 2 N–H and O–H groups in total. The fourth-order valence-corrected chi connectivity index (χ4v) is 2.54. The van der Waals surface area contributed by atoms with Crippen LogP contribution in [0, 0.1) is 11.3 Å². The molecule has 0 aliphatic heterocycles. The summed E-state index contributed by atoms with van der Waals surface area (Å²) in [5, 5.41) is 21.6. The van der Waals surface area contributed by atoms with Crippen molar-refractivity contribution in [2.45, 2.75) is 26.4 Å². The molecule has 0 saturated heterocycles. The van der Waals surface area contributed by atoms with Crippen molar-refractivity contribution in [2.24, 2.45) is 0 Å². The molecule has 0 radical (unpaired) electrons. The molecule has 2 rings (SSSR count). The van der Waals surface area contributed by atoms with Crippen LogP contribution in [0.15, 0.2) is 42.0 Å². The number of hydrogen-bond acceptors (Lipinski definition) is 5. The normalized spacial score (nSPS) is 12.0. The summed E-state index contributed by atoms with van der Waals surface area (Å²) in [7, 11) is 1.49. The predicted octanol–water partition coefficient (Wildman–Crippen LogP) is 4.78. The number of halogens is 1. The number of amides is 1. The number of carbonyl (C=O) groups is 1. The Morgan fingerprint density at radius 3 is 2.61 bits per heavy atom. The van der Waals surface area contributed by atoms with Crippen LogP contribution >= 0.6 is 11.6 Å². The van der Waals surface area contributed by atoms with E-state index in [1.54, 1.807) is 12.1 Å². The van der Waals surface area contributed by atoms with Crippen LogP contribution in [-0.4, -0.2) is 24.2 Å². The van der Waals surface area contributed by atoms with E-state index in [0.717, 1.165) is 6.42 Å². The molecule has 0 fully saturated rings. The highest BCUT2D eigenvalue weighted by Crippen LogP contribution is 2.38. The molecule has 2 aromatic carbocycles. The number of methoxy groups -OCH3 is 1. The number of hydrogen-bond donors (Lipinski definition) is 2. The van der Waals surface area contributed by atoms with Gasteiger partial charge in [-0.3, -0.25) is 4.79 Å². The largest absolute Gasteiger partial charge is 0.508 e. The quantitative estimate of drug-likeness (QED) is 0.396. The van der Waals surface area contributed by atoms with Crippen LogP contribution in [0.2, 0.25) is 5.02 Å². The van der Waals surface area contributed by atoms with Crippen molar-refractivity contribution in [3.8, 4) is 23.3 Å². The summed E-state index contributed by atoms with van der Waals surface area (Å²) < 4.78 is 11.1. The summed E-state index contributed by atoms with van der Waals surface area (Å²) in [6.45, 7) is 3.92. The molecule has 6 nitrogen and oxygen atoms in total. The molecule has 0 saturated carbocycles. The Bertz CT molecular complexity index is 917. The van der Waals surface area contributed by atoms with Crippen LogP contribution in [-0.2, 0) is 4.79 Å². The maximum atomic E-state index is 12.4. The summed E-state index contributed by atoms with van der Waals surface area (Å²) in [5.74, 6) is 0.330. The van der Waals surface area contributed by atoms with E-state index in [-0.39, 0.29) is 17.4 Å². The number of phenols is 1. The minimum absolute atomic E-state index is 0.0430. The zero-order valence-electron chi connectivity index (χ0n) is 15.8. The molecule has 0 spiro atoms. The number of anilines is 1. The SMILES string of the molecule is CC[C@@H](C)Oc1c(Cl)cc(/C=C(/C#N)C(=O)Nc2ccc(O)cc2)cc1OC. The third-order valence-corrected chi connectivity index (χ3v) is 4.23. The Labute approximate surface area is 169 Å². The molecule has 0 aliphatic carbocycles. The lowest BCUT2D eigenvalue weighted by molar-refractivity contribution is -0.112. The minimum Gasteiger partial charge on any atom is -0.508 e. The van der Waals surface area contributed by atoms with Crippen LogP contribution in [0.3, 0.4) is 0 Å². The van der Waals surface area contributed by atoms with E-state index in [2.05, 4.69) is 5.32 Å². The van der Waals surface area contributed by atoms with Gasteiger partial charge in [0.05, 0.1) is 18.2 Å². The van der Waals surface area contributed by atoms with Gasteiger partial charge in [-0.2, -0.15) is 5.26 Å². The van der Waals surface area contributed by atoms with Crippen LogP contribution in [0.5, 0.6) is 17.2 Å². The lowest BCUT2D eigenvalue weighted by Crippen LogP contribution is -2.13. The fraction of sp³-hybridized carbons (Fsp3) is 0.238. The monoisotopic (exact) mass is 400 g/mol. The molecule has 2 aromatic rings. The summed E-state index contributed by atoms with van der Waals surface area (Å²) in [5.41, 5.74) is 0.870. The Morgan fingerprint density at radius 1 is 1.36 bits per heavy atom. The van der Waals surface area contributed by atoms with Gasteiger partial charge in [0.15, 0.2) is 11.5 Å². The van der Waals surface area contributed by atoms with E-state index in [1.165, 1.54) is 37.5 Å². The first-order valence-electron chi connectivity index (χ1n) is 8.64. The Kier molecular flexibility index (Phi) is 7.30. The summed E-state index contributed by atoms with van der Waals surface area (Å²) in [6, 6.07) is 11.1. The Hall–Kier alpha value is -3.17. The zero-order chi connectivity index (χ0) is 20.7. The first kappa shape index (κ1) is 21.1. The van der Waals surface area contributed by atoms with E-state index in [4.69, 9.17) is 21.1 Å². The van der Waals surface area contributed by atoms with Gasteiger partial charge in [0.25, 0.3) is 5.91 Å². The van der Waals surface area contributed by atoms with Crippen molar-refractivity contribution < 1.29 is 19.4 Å². The number of nitrogens with zero attached hydrogens (tertiary/aromatic N) is 1. The van der Waals surface area contributed by atoms with Gasteiger partial charge in [0, 0.05) is 5.69 Å². The molecule has 1 atom stereocenters. The number of benzene rings is 2. The van der Waals surface area contributed by atoms with Gasteiger partial charge in [0.1, 0.15) is 17.4 Å². The molecule has 1 amide bonds. The average molecular weight is 401 g/mol. The Balaban J connectivity index is 2.30. The van der Waals surface area contributed by atoms with Gasteiger partial charge in [-0.1, -0.05) is 18.5 Å². The molecule has 0 unspecified atom stereocenters.